The quantitative estimate of drug-likeness (QED) is 0.577. The minimum absolute atomic E-state index is 0.0234. The van der Waals surface area contributed by atoms with Crippen molar-refractivity contribution in [2.45, 2.75) is 20.4 Å². The van der Waals surface area contributed by atoms with Crippen molar-refractivity contribution in [3.05, 3.63) is 82.1 Å². The Hall–Kier alpha value is -2.87. The number of nitrogens with zero attached hydrogens (tertiary/aromatic N) is 4. The van der Waals surface area contributed by atoms with Gasteiger partial charge in [0.2, 0.25) is 0 Å². The molecule has 2 aliphatic rings. The molecule has 2 aromatic rings. The van der Waals surface area contributed by atoms with Gasteiger partial charge in [-0.1, -0.05) is 35.9 Å². The third kappa shape index (κ3) is 4.74. The molecule has 0 saturated heterocycles. The number of carbonyl (C=O) groups excluding carboxylic acids is 1. The summed E-state index contributed by atoms with van der Waals surface area (Å²) in [5.41, 5.74) is 3.30. The highest BCUT2D eigenvalue weighted by molar-refractivity contribution is 6.30. The van der Waals surface area contributed by atoms with Gasteiger partial charge in [0, 0.05) is 22.7 Å². The Kier molecular flexibility index (Phi) is 6.56. The Balaban J connectivity index is 1.47. The number of benzene rings is 2. The summed E-state index contributed by atoms with van der Waals surface area (Å²) < 4.78 is 0. The number of carbonyl (C=O) groups is 1. The van der Waals surface area contributed by atoms with Crippen molar-refractivity contribution in [1.29, 1.82) is 0 Å². The molecule has 162 valence electrons. The molecule has 0 unspecified atom stereocenters. The molecule has 7 nitrogen and oxygen atoms in total. The van der Waals surface area contributed by atoms with Crippen LogP contribution in [0.5, 0.6) is 0 Å². The second-order valence-corrected chi connectivity index (χ2v) is 7.58. The lowest BCUT2D eigenvalue weighted by Gasteiger charge is -2.35. The van der Waals surface area contributed by atoms with Crippen LogP contribution in [0.15, 0.2) is 65.4 Å². The molecule has 0 bridgehead atoms. The van der Waals surface area contributed by atoms with Crippen LogP contribution in [0, 0.1) is 0 Å². The van der Waals surface area contributed by atoms with Crippen molar-refractivity contribution in [3.8, 4) is 0 Å². The van der Waals surface area contributed by atoms with Gasteiger partial charge in [0.25, 0.3) is 0 Å². The van der Waals surface area contributed by atoms with Crippen LogP contribution >= 0.6 is 11.6 Å². The predicted octanol–water partition coefficient (Wildman–Crippen LogP) is 4.06. The number of hydrogen-bond acceptors (Lipinski definition) is 7. The van der Waals surface area contributed by atoms with Crippen molar-refractivity contribution in [3.63, 3.8) is 0 Å². The minimum Gasteiger partial charge on any atom is -0.343 e. The van der Waals surface area contributed by atoms with Crippen molar-refractivity contribution >= 4 is 23.2 Å². The summed E-state index contributed by atoms with van der Waals surface area (Å²) in [5, 5.41) is 4.14. The van der Waals surface area contributed by atoms with E-state index >= 15 is 0 Å². The Morgan fingerprint density at radius 1 is 1.00 bits per heavy atom. The fraction of sp³-hybridized carbons (Fsp3) is 0.304. The van der Waals surface area contributed by atoms with Crippen LogP contribution in [-0.4, -0.2) is 53.2 Å². The van der Waals surface area contributed by atoms with E-state index in [4.69, 9.17) is 21.3 Å². The molecule has 0 aromatic heterocycles. The molecule has 31 heavy (non-hydrogen) atoms. The summed E-state index contributed by atoms with van der Waals surface area (Å²) in [6, 6.07) is 14.6. The highest BCUT2D eigenvalue weighted by Gasteiger charge is 2.32. The topological polar surface area (TPSA) is 57.6 Å². The normalized spacial score (nSPS) is 15.6. The lowest BCUT2D eigenvalue weighted by Crippen LogP contribution is -2.45. The van der Waals surface area contributed by atoms with Gasteiger partial charge in [0.05, 0.1) is 19.4 Å². The summed E-state index contributed by atoms with van der Waals surface area (Å²) >= 11 is 5.91. The minimum atomic E-state index is -0.0234. The van der Waals surface area contributed by atoms with Gasteiger partial charge < -0.3 is 4.90 Å². The molecule has 4 rings (SSSR count). The number of fused-ring (bicyclic) bond motifs is 1. The van der Waals surface area contributed by atoms with Crippen LogP contribution in [0.25, 0.3) is 0 Å². The number of hydrogen-bond donors (Lipinski definition) is 0. The first-order chi connectivity index (χ1) is 15.1. The van der Waals surface area contributed by atoms with E-state index in [1.165, 1.54) is 0 Å². The molecule has 8 heteroatoms. The Morgan fingerprint density at radius 3 is 2.29 bits per heavy atom. The fourth-order valence-electron chi connectivity index (χ4n) is 3.55. The maximum absolute atomic E-state index is 12.7. The van der Waals surface area contributed by atoms with Crippen LogP contribution in [0.3, 0.4) is 0 Å². The number of halogens is 1. The van der Waals surface area contributed by atoms with E-state index < -0.39 is 0 Å². The van der Waals surface area contributed by atoms with E-state index in [0.717, 1.165) is 17.1 Å². The molecule has 0 fully saturated rings. The number of aliphatic imine (C=N–C) groups is 1. The highest BCUT2D eigenvalue weighted by atomic mass is 35.5. The third-order valence-corrected chi connectivity index (χ3v) is 5.26. The molecule has 2 heterocycles. The largest absolute Gasteiger partial charge is 0.343 e. The Bertz CT molecular complexity index is 989. The van der Waals surface area contributed by atoms with E-state index in [0.29, 0.717) is 49.2 Å². The zero-order valence-corrected chi connectivity index (χ0v) is 18.4. The van der Waals surface area contributed by atoms with Crippen molar-refractivity contribution in [2.24, 2.45) is 4.99 Å². The number of ketones is 1. The molecule has 0 N–H and O–H groups in total. The second-order valence-electron chi connectivity index (χ2n) is 7.14. The molecular formula is C23H25ClN4O3. The van der Waals surface area contributed by atoms with Gasteiger partial charge >= 0.3 is 0 Å². The maximum Gasteiger partial charge on any atom is 0.193 e. The summed E-state index contributed by atoms with van der Waals surface area (Å²) in [4.78, 5) is 30.9. The van der Waals surface area contributed by atoms with Crippen molar-refractivity contribution in [1.82, 2.24) is 15.0 Å². The summed E-state index contributed by atoms with van der Waals surface area (Å²) in [6.45, 7) is 6.69. The zero-order valence-electron chi connectivity index (χ0n) is 17.6. The average molecular weight is 441 g/mol. The van der Waals surface area contributed by atoms with Crippen LogP contribution in [0.1, 0.15) is 35.3 Å². The molecule has 0 radical (unpaired) electrons. The summed E-state index contributed by atoms with van der Waals surface area (Å²) in [7, 11) is 0. The lowest BCUT2D eigenvalue weighted by atomic mass is 10.0. The van der Waals surface area contributed by atoms with E-state index in [1.54, 1.807) is 34.4 Å². The number of amidine groups is 1. The fourth-order valence-corrected chi connectivity index (χ4v) is 3.68. The zero-order chi connectivity index (χ0) is 21.8. The van der Waals surface area contributed by atoms with Gasteiger partial charge in [-0.2, -0.15) is 0 Å². The Morgan fingerprint density at radius 2 is 1.65 bits per heavy atom. The van der Waals surface area contributed by atoms with E-state index in [2.05, 4.69) is 9.89 Å². The number of hydroxylamine groups is 4. The van der Waals surface area contributed by atoms with E-state index in [-0.39, 0.29) is 5.78 Å². The van der Waals surface area contributed by atoms with Gasteiger partial charge in [-0.15, -0.1) is 0 Å². The first-order valence-corrected chi connectivity index (χ1v) is 10.7. The summed E-state index contributed by atoms with van der Waals surface area (Å²) in [6.07, 6.45) is 1.96. The predicted molar refractivity (Wildman–Crippen MR) is 119 cm³/mol. The molecule has 0 atom stereocenters. The maximum atomic E-state index is 12.7. The van der Waals surface area contributed by atoms with Crippen LogP contribution < -0.4 is 0 Å². The van der Waals surface area contributed by atoms with Crippen molar-refractivity contribution in [2.75, 3.05) is 26.6 Å². The summed E-state index contributed by atoms with van der Waals surface area (Å²) in [5.74, 6) is 0.789. The second kappa shape index (κ2) is 9.51. The van der Waals surface area contributed by atoms with Gasteiger partial charge in [0.1, 0.15) is 19.0 Å². The molecule has 0 aliphatic carbocycles. The van der Waals surface area contributed by atoms with Crippen molar-refractivity contribution < 1.29 is 14.5 Å². The van der Waals surface area contributed by atoms with E-state index in [1.807, 2.05) is 44.3 Å². The lowest BCUT2D eigenvalue weighted by molar-refractivity contribution is -0.205. The molecule has 2 aliphatic heterocycles. The molecule has 0 spiro atoms. The first-order valence-electron chi connectivity index (χ1n) is 10.3. The standard InChI is InChI=1S/C23H25ClN4O3/c1-3-30-27-14-21-23(28(16-27)31-4-2)25-15-26(21)13-17-5-7-18(8-6-17)22(29)19-9-11-20(24)12-10-19/h5-12,14H,3-4,13,15-16H2,1-2H3. The SMILES string of the molecule is CCON1C=C2C(=NCN2Cc2ccc(C(=O)c3ccc(Cl)cc3)cc2)N(OCC)C1. The molecule has 2 aromatic carbocycles. The van der Waals surface area contributed by atoms with Gasteiger partial charge in [0.15, 0.2) is 11.6 Å². The number of rotatable bonds is 8. The molecule has 0 saturated carbocycles. The third-order valence-electron chi connectivity index (χ3n) is 5.01. The highest BCUT2D eigenvalue weighted by Crippen LogP contribution is 2.25. The molecule has 0 amide bonds. The van der Waals surface area contributed by atoms with Crippen LogP contribution in [0.4, 0.5) is 0 Å². The van der Waals surface area contributed by atoms with Gasteiger partial charge in [-0.05, 0) is 43.7 Å². The Labute approximate surface area is 187 Å². The monoisotopic (exact) mass is 440 g/mol. The van der Waals surface area contributed by atoms with Crippen LogP contribution in [0.2, 0.25) is 5.02 Å². The first kappa shape index (κ1) is 21.4. The molecular weight excluding hydrogens is 416 g/mol. The smallest absolute Gasteiger partial charge is 0.193 e. The van der Waals surface area contributed by atoms with Gasteiger partial charge in [-0.3, -0.25) is 14.5 Å². The average Bonchev–Trinajstić information content (AvgIpc) is 3.18. The van der Waals surface area contributed by atoms with Gasteiger partial charge in [-0.25, -0.2) is 15.1 Å². The van der Waals surface area contributed by atoms with E-state index in [9.17, 15) is 4.79 Å². The van der Waals surface area contributed by atoms with Crippen LogP contribution in [-0.2, 0) is 16.2 Å².